The zero-order valence-electron chi connectivity index (χ0n) is 6.35. The van der Waals surface area contributed by atoms with Crippen LogP contribution in [0, 0.1) is 0 Å². The maximum atomic E-state index is 5.49. The molecule has 2 heterocycles. The number of hydrogen-bond donors (Lipinski definition) is 1. The summed E-state index contributed by atoms with van der Waals surface area (Å²) in [6, 6.07) is 0. The molecule has 0 amide bonds. The number of nitrogens with zero attached hydrogens (tertiary/aromatic N) is 1. The van der Waals surface area contributed by atoms with Crippen molar-refractivity contribution >= 4 is 0 Å². The normalized spacial score (nSPS) is 30.2. The van der Waals surface area contributed by atoms with Gasteiger partial charge in [0.15, 0.2) is 6.23 Å². The van der Waals surface area contributed by atoms with Gasteiger partial charge in [-0.25, -0.2) is 0 Å². The van der Waals surface area contributed by atoms with E-state index in [0.29, 0.717) is 0 Å². The van der Waals surface area contributed by atoms with Crippen molar-refractivity contribution in [2.24, 2.45) is 0 Å². The number of nitrogens with one attached hydrogen (secondary N) is 1. The number of rotatable bonds is 0. The molecule has 0 aromatic heterocycles. The molecule has 2 rings (SSSR count). The van der Waals surface area contributed by atoms with Crippen molar-refractivity contribution < 1.29 is 4.74 Å². The van der Waals surface area contributed by atoms with E-state index in [1.807, 2.05) is 6.92 Å². The van der Waals surface area contributed by atoms with E-state index < -0.39 is 0 Å². The molecule has 0 fully saturated rings. The van der Waals surface area contributed by atoms with Gasteiger partial charge in [-0.3, -0.25) is 0 Å². The monoisotopic (exact) mass is 140 g/mol. The third-order valence-electron chi connectivity index (χ3n) is 1.97. The molecule has 1 unspecified atom stereocenters. The highest BCUT2D eigenvalue weighted by molar-refractivity contribution is 5.15. The molecule has 3 heteroatoms. The Morgan fingerprint density at radius 2 is 2.50 bits per heavy atom. The fraction of sp³-hybridized carbons (Fsp3) is 0.714. The summed E-state index contributed by atoms with van der Waals surface area (Å²) in [5, 5.41) is 3.26. The van der Waals surface area contributed by atoms with Crippen LogP contribution in [0.15, 0.2) is 11.6 Å². The molecule has 0 spiro atoms. The van der Waals surface area contributed by atoms with Crippen molar-refractivity contribution in [3.63, 3.8) is 0 Å². The standard InChI is InChI=1S/C7H12N2O/c1-5-8-6-3-4-9(2)7(6)10-5/h5,8H,3-4H2,1-2H3. The van der Waals surface area contributed by atoms with Gasteiger partial charge in [-0.1, -0.05) is 0 Å². The van der Waals surface area contributed by atoms with E-state index in [2.05, 4.69) is 17.3 Å². The molecule has 56 valence electrons. The molecule has 0 aliphatic carbocycles. The molecule has 0 aromatic carbocycles. The largest absolute Gasteiger partial charge is 0.454 e. The van der Waals surface area contributed by atoms with E-state index in [9.17, 15) is 0 Å². The first-order valence-electron chi connectivity index (χ1n) is 3.65. The van der Waals surface area contributed by atoms with Crippen LogP contribution >= 0.6 is 0 Å². The van der Waals surface area contributed by atoms with Gasteiger partial charge in [-0.2, -0.15) is 0 Å². The summed E-state index contributed by atoms with van der Waals surface area (Å²) in [6.07, 6.45) is 1.28. The van der Waals surface area contributed by atoms with Gasteiger partial charge in [0.2, 0.25) is 5.88 Å². The predicted octanol–water partition coefficient (Wildman–Crippen LogP) is 0.457. The van der Waals surface area contributed by atoms with E-state index in [4.69, 9.17) is 4.74 Å². The van der Waals surface area contributed by atoms with Crippen LogP contribution in [0.4, 0.5) is 0 Å². The molecule has 1 atom stereocenters. The zero-order valence-corrected chi connectivity index (χ0v) is 6.35. The van der Waals surface area contributed by atoms with Crippen LogP contribution in [-0.4, -0.2) is 24.7 Å². The number of hydrogen-bond acceptors (Lipinski definition) is 3. The van der Waals surface area contributed by atoms with E-state index in [1.54, 1.807) is 0 Å². The fourth-order valence-corrected chi connectivity index (χ4v) is 1.46. The highest BCUT2D eigenvalue weighted by atomic mass is 16.5. The molecule has 0 bridgehead atoms. The second-order valence-electron chi connectivity index (χ2n) is 2.86. The van der Waals surface area contributed by atoms with Crippen LogP contribution in [0.25, 0.3) is 0 Å². The first-order chi connectivity index (χ1) is 4.77. The Hall–Kier alpha value is -0.860. The SMILES string of the molecule is CC1NC2=C(O1)N(C)CC2. The van der Waals surface area contributed by atoms with Crippen molar-refractivity contribution in [2.45, 2.75) is 19.6 Å². The van der Waals surface area contributed by atoms with Gasteiger partial charge < -0.3 is 15.0 Å². The quantitative estimate of drug-likeness (QED) is 0.529. The maximum absolute atomic E-state index is 5.49. The van der Waals surface area contributed by atoms with E-state index >= 15 is 0 Å². The fourth-order valence-electron chi connectivity index (χ4n) is 1.46. The topological polar surface area (TPSA) is 24.5 Å². The van der Waals surface area contributed by atoms with Gasteiger partial charge in [-0.05, 0) is 6.92 Å². The van der Waals surface area contributed by atoms with Gasteiger partial charge in [0.25, 0.3) is 0 Å². The average molecular weight is 140 g/mol. The summed E-state index contributed by atoms with van der Waals surface area (Å²) in [5.74, 6) is 1.05. The molecule has 1 N–H and O–H groups in total. The Morgan fingerprint density at radius 1 is 1.70 bits per heavy atom. The van der Waals surface area contributed by atoms with Gasteiger partial charge in [0.1, 0.15) is 0 Å². The molecular weight excluding hydrogens is 128 g/mol. The third kappa shape index (κ3) is 0.664. The van der Waals surface area contributed by atoms with Gasteiger partial charge in [-0.15, -0.1) is 0 Å². The molecule has 10 heavy (non-hydrogen) atoms. The number of ether oxygens (including phenoxy) is 1. The molecule has 2 aliphatic rings. The van der Waals surface area contributed by atoms with Gasteiger partial charge in [0.05, 0.1) is 5.70 Å². The predicted molar refractivity (Wildman–Crippen MR) is 38.0 cm³/mol. The third-order valence-corrected chi connectivity index (χ3v) is 1.97. The Balaban J connectivity index is 2.18. The van der Waals surface area contributed by atoms with E-state index in [1.165, 1.54) is 5.70 Å². The molecule has 0 saturated carbocycles. The van der Waals surface area contributed by atoms with Gasteiger partial charge >= 0.3 is 0 Å². The summed E-state index contributed by atoms with van der Waals surface area (Å²) >= 11 is 0. The summed E-state index contributed by atoms with van der Waals surface area (Å²) < 4.78 is 5.49. The first-order valence-corrected chi connectivity index (χ1v) is 3.65. The van der Waals surface area contributed by atoms with E-state index in [-0.39, 0.29) is 6.23 Å². The van der Waals surface area contributed by atoms with Crippen LogP contribution < -0.4 is 5.32 Å². The molecule has 2 aliphatic heterocycles. The highest BCUT2D eigenvalue weighted by Crippen LogP contribution is 2.26. The van der Waals surface area contributed by atoms with Gasteiger partial charge in [0, 0.05) is 20.0 Å². The van der Waals surface area contributed by atoms with Crippen LogP contribution in [0.3, 0.4) is 0 Å². The van der Waals surface area contributed by atoms with Crippen LogP contribution in [0.2, 0.25) is 0 Å². The Bertz CT molecular complexity index is 188. The lowest BCUT2D eigenvalue weighted by Gasteiger charge is -2.16. The van der Waals surface area contributed by atoms with Crippen LogP contribution in [0.5, 0.6) is 0 Å². The minimum Gasteiger partial charge on any atom is -0.454 e. The van der Waals surface area contributed by atoms with E-state index in [0.717, 1.165) is 18.8 Å². The Labute approximate surface area is 60.7 Å². The average Bonchev–Trinajstić information content (AvgIpc) is 2.35. The van der Waals surface area contributed by atoms with Crippen LogP contribution in [0.1, 0.15) is 13.3 Å². The second-order valence-corrected chi connectivity index (χ2v) is 2.86. The second kappa shape index (κ2) is 1.81. The van der Waals surface area contributed by atoms with Crippen molar-refractivity contribution in [1.29, 1.82) is 0 Å². The summed E-state index contributed by atoms with van der Waals surface area (Å²) in [6.45, 7) is 3.11. The maximum Gasteiger partial charge on any atom is 0.210 e. The summed E-state index contributed by atoms with van der Waals surface area (Å²) in [5.41, 5.74) is 1.27. The van der Waals surface area contributed by atoms with Crippen molar-refractivity contribution in [3.05, 3.63) is 11.6 Å². The minimum atomic E-state index is 0.174. The molecule has 0 radical (unpaired) electrons. The smallest absolute Gasteiger partial charge is 0.210 e. The van der Waals surface area contributed by atoms with Crippen LogP contribution in [-0.2, 0) is 4.74 Å². The molecule has 3 nitrogen and oxygen atoms in total. The lowest BCUT2D eigenvalue weighted by atomic mass is 10.4. The molecular formula is C7H12N2O. The molecule has 0 aromatic rings. The lowest BCUT2D eigenvalue weighted by Crippen LogP contribution is -2.23. The molecule has 0 saturated heterocycles. The first kappa shape index (κ1) is 5.89. The zero-order chi connectivity index (χ0) is 7.14. The lowest BCUT2D eigenvalue weighted by molar-refractivity contribution is 0.0882. The van der Waals surface area contributed by atoms with Crippen molar-refractivity contribution in [1.82, 2.24) is 10.2 Å². The highest BCUT2D eigenvalue weighted by Gasteiger charge is 2.28. The van der Waals surface area contributed by atoms with Crippen molar-refractivity contribution in [3.8, 4) is 0 Å². The Kier molecular flexibility index (Phi) is 1.07. The summed E-state index contributed by atoms with van der Waals surface area (Å²) in [4.78, 5) is 2.14. The van der Waals surface area contributed by atoms with Crippen molar-refractivity contribution in [2.75, 3.05) is 13.6 Å². The summed E-state index contributed by atoms with van der Waals surface area (Å²) in [7, 11) is 2.06. The Morgan fingerprint density at radius 3 is 3.20 bits per heavy atom. The minimum absolute atomic E-state index is 0.174.